The number of ether oxygens (including phenoxy) is 4. The van der Waals surface area contributed by atoms with E-state index in [2.05, 4.69) is 65.6 Å². The number of pyridine rings is 1. The monoisotopic (exact) mass is 613 g/mol. The highest BCUT2D eigenvalue weighted by Crippen LogP contribution is 2.38. The van der Waals surface area contributed by atoms with Crippen molar-refractivity contribution in [3.8, 4) is 28.4 Å². The van der Waals surface area contributed by atoms with Crippen molar-refractivity contribution in [3.05, 3.63) is 95.1 Å². The first-order valence-electron chi connectivity index (χ1n) is 14.8. The van der Waals surface area contributed by atoms with E-state index in [0.29, 0.717) is 35.8 Å². The van der Waals surface area contributed by atoms with Crippen molar-refractivity contribution in [1.82, 2.24) is 15.6 Å². The largest absolute Gasteiger partial charge is 0.493 e. The summed E-state index contributed by atoms with van der Waals surface area (Å²) in [6.45, 7) is 7.12. The second-order valence-corrected chi connectivity index (χ2v) is 11.1. The van der Waals surface area contributed by atoms with Gasteiger partial charge in [-0.2, -0.15) is 0 Å². The average molecular weight is 614 g/mol. The van der Waals surface area contributed by atoms with Crippen LogP contribution < -0.4 is 30.6 Å². The number of nitrogens with one attached hydrogen (secondary N) is 2. The van der Waals surface area contributed by atoms with Gasteiger partial charge in [0.2, 0.25) is 11.7 Å². The molecular formula is C35H43N5O5. The number of carbonyl (C=O) groups excluding carboxylic acids is 1. The van der Waals surface area contributed by atoms with E-state index in [1.807, 2.05) is 18.2 Å². The van der Waals surface area contributed by atoms with Crippen molar-refractivity contribution in [2.75, 3.05) is 35.0 Å². The van der Waals surface area contributed by atoms with Gasteiger partial charge in [0.15, 0.2) is 11.5 Å². The van der Waals surface area contributed by atoms with E-state index >= 15 is 0 Å². The van der Waals surface area contributed by atoms with Crippen LogP contribution in [0.2, 0.25) is 0 Å². The Morgan fingerprint density at radius 3 is 2.20 bits per heavy atom. The summed E-state index contributed by atoms with van der Waals surface area (Å²) in [6, 6.07) is 15.6. The summed E-state index contributed by atoms with van der Waals surface area (Å²) in [7, 11) is 6.23. The fourth-order valence-corrected chi connectivity index (χ4v) is 5.41. The van der Waals surface area contributed by atoms with Crippen LogP contribution in [0.1, 0.15) is 49.2 Å². The van der Waals surface area contributed by atoms with E-state index in [1.54, 1.807) is 31.6 Å². The highest BCUT2D eigenvalue weighted by molar-refractivity contribution is 6.06. The Morgan fingerprint density at radius 1 is 1.00 bits per heavy atom. The minimum atomic E-state index is -0.446. The second kappa shape index (κ2) is 15.3. The number of rotatable bonds is 12. The standard InChI is InChI=1S/C35H43N5O5/c1-21-16-28(39-35(36)40-34(41)27-17-30(42-4)33(45-7)31(18-27)43-5)19-29(23(21)3)38-20-22(2)32(44-6)26-10-8-24(9-11-26)25-12-14-37-15-13-25/h8-15,17-19,21-22,32,38H,16,20H2,1-7H3,(H3,36,39,40,41)/t21?,22-,32?/m1/s1. The molecule has 3 aromatic rings. The number of aromatic nitrogens is 1. The lowest BCUT2D eigenvalue weighted by Crippen LogP contribution is -2.37. The molecule has 1 heterocycles. The Labute approximate surface area is 265 Å². The Kier molecular flexibility index (Phi) is 11.2. The number of nitrogens with two attached hydrogens (primary N) is 1. The third kappa shape index (κ3) is 8.02. The highest BCUT2D eigenvalue weighted by atomic mass is 16.5. The van der Waals surface area contributed by atoms with Crippen LogP contribution in [0.4, 0.5) is 0 Å². The SMILES string of the molecule is COc1cc(C(=O)NC(N)=NC2=CC(NC[C@@H](C)C(OC)c3ccc(-c4ccncc4)cc3)=C(C)C(C)C2)cc(OC)c1OC. The zero-order valence-electron chi connectivity index (χ0n) is 27.0. The maximum absolute atomic E-state index is 13.0. The number of guanidine groups is 1. The zero-order valence-corrected chi connectivity index (χ0v) is 27.0. The molecular weight excluding hydrogens is 570 g/mol. The molecule has 1 aliphatic rings. The second-order valence-electron chi connectivity index (χ2n) is 11.1. The predicted molar refractivity (Wildman–Crippen MR) is 176 cm³/mol. The third-order valence-corrected chi connectivity index (χ3v) is 8.06. The fourth-order valence-electron chi connectivity index (χ4n) is 5.41. The van der Waals surface area contributed by atoms with Gasteiger partial charge in [-0.25, -0.2) is 4.99 Å². The average Bonchev–Trinajstić information content (AvgIpc) is 3.05. The topological polar surface area (TPSA) is 129 Å². The van der Waals surface area contributed by atoms with Crippen LogP contribution in [0.25, 0.3) is 11.1 Å². The number of amides is 1. The van der Waals surface area contributed by atoms with E-state index in [-0.39, 0.29) is 23.9 Å². The summed E-state index contributed by atoms with van der Waals surface area (Å²) in [4.78, 5) is 21.7. The summed E-state index contributed by atoms with van der Waals surface area (Å²) in [6.07, 6.45) is 6.19. The van der Waals surface area contributed by atoms with E-state index < -0.39 is 5.91 Å². The number of benzene rings is 2. The lowest BCUT2D eigenvalue weighted by Gasteiger charge is -2.27. The van der Waals surface area contributed by atoms with Crippen molar-refractivity contribution < 1.29 is 23.7 Å². The zero-order chi connectivity index (χ0) is 32.5. The molecule has 10 heteroatoms. The Bertz CT molecular complexity index is 1540. The molecule has 1 aromatic heterocycles. The Balaban J connectivity index is 1.43. The molecule has 0 fully saturated rings. The highest BCUT2D eigenvalue weighted by Gasteiger charge is 2.23. The van der Waals surface area contributed by atoms with Gasteiger partial charge in [0, 0.05) is 48.9 Å². The summed E-state index contributed by atoms with van der Waals surface area (Å²) in [5, 5.41) is 6.28. The van der Waals surface area contributed by atoms with Gasteiger partial charge in [-0.3, -0.25) is 15.1 Å². The maximum atomic E-state index is 13.0. The molecule has 0 saturated carbocycles. The lowest BCUT2D eigenvalue weighted by atomic mass is 9.90. The molecule has 0 bridgehead atoms. The molecule has 0 aliphatic heterocycles. The van der Waals surface area contributed by atoms with Crippen LogP contribution in [0.3, 0.4) is 0 Å². The van der Waals surface area contributed by atoms with E-state index in [4.69, 9.17) is 24.7 Å². The molecule has 0 saturated heterocycles. The molecule has 3 atom stereocenters. The normalized spacial score (nSPS) is 16.4. The maximum Gasteiger partial charge on any atom is 0.258 e. The molecule has 2 unspecified atom stereocenters. The number of aliphatic imine (C=N–C) groups is 1. The smallest absolute Gasteiger partial charge is 0.258 e. The summed E-state index contributed by atoms with van der Waals surface area (Å²) in [5.41, 5.74) is 12.8. The molecule has 0 spiro atoms. The lowest BCUT2D eigenvalue weighted by molar-refractivity contribution is 0.0587. The van der Waals surface area contributed by atoms with Crippen LogP contribution in [0.15, 0.2) is 89.0 Å². The van der Waals surface area contributed by atoms with Gasteiger partial charge in [0.25, 0.3) is 5.91 Å². The number of nitrogens with zero attached hydrogens (tertiary/aromatic N) is 2. The number of hydrogen-bond donors (Lipinski definition) is 3. The van der Waals surface area contributed by atoms with Crippen LogP contribution in [0.5, 0.6) is 17.2 Å². The number of methoxy groups -OCH3 is 4. The fraction of sp³-hybridized carbons (Fsp3) is 0.343. The first kappa shape index (κ1) is 33.1. The van der Waals surface area contributed by atoms with Gasteiger partial charge < -0.3 is 30.0 Å². The molecule has 10 nitrogen and oxygen atoms in total. The molecule has 4 N–H and O–H groups in total. The van der Waals surface area contributed by atoms with Crippen LogP contribution >= 0.6 is 0 Å². The molecule has 45 heavy (non-hydrogen) atoms. The van der Waals surface area contributed by atoms with Gasteiger partial charge in [-0.15, -0.1) is 0 Å². The number of hydrogen-bond acceptors (Lipinski definition) is 8. The minimum absolute atomic E-state index is 0.00543. The molecule has 4 rings (SSSR count). The summed E-state index contributed by atoms with van der Waals surface area (Å²) < 4.78 is 22.0. The van der Waals surface area contributed by atoms with E-state index in [1.165, 1.54) is 26.9 Å². The van der Waals surface area contributed by atoms with Crippen LogP contribution in [-0.4, -0.2) is 51.8 Å². The summed E-state index contributed by atoms with van der Waals surface area (Å²) >= 11 is 0. The number of carbonyl (C=O) groups is 1. The van der Waals surface area contributed by atoms with Gasteiger partial charge in [-0.1, -0.05) is 38.1 Å². The van der Waals surface area contributed by atoms with Gasteiger partial charge >= 0.3 is 0 Å². The first-order valence-corrected chi connectivity index (χ1v) is 14.8. The van der Waals surface area contributed by atoms with Gasteiger partial charge in [-0.05, 0) is 71.9 Å². The molecule has 0 radical (unpaired) electrons. The van der Waals surface area contributed by atoms with Crippen molar-refractivity contribution in [2.45, 2.75) is 33.3 Å². The predicted octanol–water partition coefficient (Wildman–Crippen LogP) is 5.63. The van der Waals surface area contributed by atoms with Gasteiger partial charge in [0.05, 0.1) is 27.4 Å². The van der Waals surface area contributed by atoms with Gasteiger partial charge in [0.1, 0.15) is 0 Å². The van der Waals surface area contributed by atoms with E-state index in [9.17, 15) is 4.79 Å². The molecule has 1 amide bonds. The minimum Gasteiger partial charge on any atom is -0.493 e. The van der Waals surface area contributed by atoms with Crippen LogP contribution in [-0.2, 0) is 4.74 Å². The van der Waals surface area contributed by atoms with Crippen LogP contribution in [0, 0.1) is 11.8 Å². The Hall–Kier alpha value is -4.83. The van der Waals surface area contributed by atoms with Crippen molar-refractivity contribution in [3.63, 3.8) is 0 Å². The van der Waals surface area contributed by atoms with E-state index in [0.717, 1.165) is 28.1 Å². The van der Waals surface area contributed by atoms with Crippen molar-refractivity contribution in [1.29, 1.82) is 0 Å². The molecule has 238 valence electrons. The third-order valence-electron chi connectivity index (χ3n) is 8.06. The molecule has 1 aliphatic carbocycles. The Morgan fingerprint density at radius 2 is 1.62 bits per heavy atom. The summed E-state index contributed by atoms with van der Waals surface area (Å²) in [5.74, 6) is 1.08. The number of allylic oxidation sites excluding steroid dienone is 3. The van der Waals surface area contributed by atoms with Crippen molar-refractivity contribution in [2.24, 2.45) is 22.6 Å². The quantitative estimate of drug-likeness (QED) is 0.177. The first-order chi connectivity index (χ1) is 21.7. The van der Waals surface area contributed by atoms with Crippen molar-refractivity contribution >= 4 is 11.9 Å². The molecule has 2 aromatic carbocycles.